The number of anilines is 1. The highest BCUT2D eigenvalue weighted by molar-refractivity contribution is 6.24. The molecule has 5 heteroatoms. The second kappa shape index (κ2) is 10.8. The molecule has 4 nitrogen and oxygen atoms in total. The lowest BCUT2D eigenvalue weighted by Gasteiger charge is -2.39. The number of hydrogen-bond donors (Lipinski definition) is 0. The van der Waals surface area contributed by atoms with Gasteiger partial charge in [-0.05, 0) is 69.5 Å². The molecule has 4 rings (SSSR count). The van der Waals surface area contributed by atoms with Crippen molar-refractivity contribution < 1.29 is 0 Å². The summed E-state index contributed by atoms with van der Waals surface area (Å²) in [5.74, 6) is 0. The highest BCUT2D eigenvalue weighted by atomic mass is 35.5. The first-order valence-corrected chi connectivity index (χ1v) is 12.4. The van der Waals surface area contributed by atoms with Crippen molar-refractivity contribution >= 4 is 29.4 Å². The van der Waals surface area contributed by atoms with Gasteiger partial charge in [-0.15, -0.1) is 11.6 Å². The molecule has 1 fully saturated rings. The maximum absolute atomic E-state index is 6.29. The molecule has 2 heterocycles. The van der Waals surface area contributed by atoms with E-state index in [1.165, 1.54) is 55.3 Å². The zero-order chi connectivity index (χ0) is 21.6. The van der Waals surface area contributed by atoms with Gasteiger partial charge in [0.1, 0.15) is 0 Å². The van der Waals surface area contributed by atoms with E-state index in [0.29, 0.717) is 6.04 Å². The van der Waals surface area contributed by atoms with Crippen LogP contribution < -0.4 is 15.5 Å². The van der Waals surface area contributed by atoms with Gasteiger partial charge in [0, 0.05) is 49.8 Å². The first-order chi connectivity index (χ1) is 15.1. The number of nitrogens with zero attached hydrogens (tertiary/aromatic N) is 4. The van der Waals surface area contributed by atoms with E-state index in [-0.39, 0.29) is 5.38 Å². The van der Waals surface area contributed by atoms with Gasteiger partial charge >= 0.3 is 0 Å². The summed E-state index contributed by atoms with van der Waals surface area (Å²) in [5, 5.41) is 2.33. The molecule has 3 aliphatic rings. The number of pyridine rings is 1. The van der Waals surface area contributed by atoms with Crippen LogP contribution in [0.1, 0.15) is 39.0 Å². The third-order valence-electron chi connectivity index (χ3n) is 6.98. The van der Waals surface area contributed by atoms with Crippen LogP contribution in [-0.2, 0) is 0 Å². The third-order valence-corrected chi connectivity index (χ3v) is 7.28. The number of rotatable bonds is 8. The van der Waals surface area contributed by atoms with Gasteiger partial charge in [0.05, 0.1) is 10.7 Å². The zero-order valence-electron chi connectivity index (χ0n) is 19.1. The van der Waals surface area contributed by atoms with Gasteiger partial charge in [-0.2, -0.15) is 0 Å². The van der Waals surface area contributed by atoms with Crippen LogP contribution in [0.3, 0.4) is 0 Å². The lowest BCUT2D eigenvalue weighted by molar-refractivity contribution is 0.120. The Morgan fingerprint density at radius 1 is 1.16 bits per heavy atom. The molecule has 0 amide bonds. The number of likely N-dealkylation sites (N-methyl/N-ethyl adjacent to an activating group) is 2. The summed E-state index contributed by atoms with van der Waals surface area (Å²) in [6.07, 6.45) is 19.2. The van der Waals surface area contributed by atoms with Crippen LogP contribution in [-0.4, -0.2) is 72.5 Å². The Kier molecular flexibility index (Phi) is 7.86. The Hall–Kier alpha value is -1.62. The van der Waals surface area contributed by atoms with Gasteiger partial charge in [-0.25, -0.2) is 0 Å². The molecule has 0 N–H and O–H groups in total. The van der Waals surface area contributed by atoms with Crippen molar-refractivity contribution in [1.82, 2.24) is 14.8 Å². The van der Waals surface area contributed by atoms with Gasteiger partial charge in [0.15, 0.2) is 0 Å². The van der Waals surface area contributed by atoms with E-state index in [4.69, 9.17) is 11.6 Å². The molecule has 1 aromatic heterocycles. The number of aromatic nitrogens is 1. The standard InChI is InChI=1S/C26H37ClN4/c1-3-31(23-12-15-30(16-13-23)20-21-7-5-4-6-8-21)18-17-29(2)26-11-14-28-25-19-22(27)9-10-24(25)26/h5,7-8,10-11,14,19,22-23H,3-4,6,9,12-13,15-18,20H2,1-2H3. The molecular weight excluding hydrogens is 404 g/mol. The van der Waals surface area contributed by atoms with Crippen molar-refractivity contribution in [2.45, 2.75) is 50.4 Å². The van der Waals surface area contributed by atoms with Gasteiger partial charge < -0.3 is 4.90 Å². The van der Waals surface area contributed by atoms with Crippen molar-refractivity contribution in [3.05, 3.63) is 46.6 Å². The number of likely N-dealkylation sites (tertiary alicyclic amines) is 1. The summed E-state index contributed by atoms with van der Waals surface area (Å²) in [7, 11) is 2.21. The maximum Gasteiger partial charge on any atom is 0.0694 e. The largest absolute Gasteiger partial charge is 0.373 e. The Balaban J connectivity index is 1.30. The van der Waals surface area contributed by atoms with Crippen molar-refractivity contribution in [3.8, 4) is 0 Å². The summed E-state index contributed by atoms with van der Waals surface area (Å²) in [6.45, 7) is 9.11. The van der Waals surface area contributed by atoms with Gasteiger partial charge in [-0.1, -0.05) is 31.2 Å². The van der Waals surface area contributed by atoms with Crippen LogP contribution in [0.15, 0.2) is 36.1 Å². The van der Waals surface area contributed by atoms with Crippen LogP contribution in [0.5, 0.6) is 0 Å². The van der Waals surface area contributed by atoms with E-state index in [0.717, 1.165) is 37.9 Å². The van der Waals surface area contributed by atoms with Crippen molar-refractivity contribution in [3.63, 3.8) is 0 Å². The molecule has 0 saturated carbocycles. The van der Waals surface area contributed by atoms with E-state index in [9.17, 15) is 0 Å². The minimum atomic E-state index is 0.0624. The lowest BCUT2D eigenvalue weighted by Crippen LogP contribution is -2.47. The summed E-state index contributed by atoms with van der Waals surface area (Å²) in [4.78, 5) is 12.2. The van der Waals surface area contributed by atoms with Crippen LogP contribution in [0.2, 0.25) is 0 Å². The SMILES string of the molecule is CCN(CCN(C)c1ccnc2c1=CCC(Cl)C=2)C1CCN(CC2=CCCC=C2)CC1. The first kappa shape index (κ1) is 22.6. The third kappa shape index (κ3) is 5.79. The van der Waals surface area contributed by atoms with E-state index >= 15 is 0 Å². The number of fused-ring (bicyclic) bond motifs is 1. The van der Waals surface area contributed by atoms with Crippen molar-refractivity contribution in [2.75, 3.05) is 51.2 Å². The van der Waals surface area contributed by atoms with E-state index in [2.05, 4.69) is 70.1 Å². The average Bonchev–Trinajstić information content (AvgIpc) is 2.80. The van der Waals surface area contributed by atoms with E-state index in [1.54, 1.807) is 0 Å². The van der Waals surface area contributed by atoms with Crippen LogP contribution >= 0.6 is 11.6 Å². The second-order valence-electron chi connectivity index (χ2n) is 9.07. The normalized spacial score (nSPS) is 21.9. The minimum Gasteiger partial charge on any atom is -0.373 e. The minimum absolute atomic E-state index is 0.0624. The molecule has 0 spiro atoms. The highest BCUT2D eigenvalue weighted by Crippen LogP contribution is 2.19. The number of allylic oxidation sites excluding steroid dienone is 2. The average molecular weight is 441 g/mol. The Morgan fingerprint density at radius 2 is 2.00 bits per heavy atom. The molecule has 1 saturated heterocycles. The molecule has 1 atom stereocenters. The van der Waals surface area contributed by atoms with Gasteiger partial charge in [0.25, 0.3) is 0 Å². The summed E-state index contributed by atoms with van der Waals surface area (Å²) in [5.41, 5.74) is 2.78. The Labute approximate surface area is 192 Å². The van der Waals surface area contributed by atoms with E-state index in [1.807, 2.05) is 6.20 Å². The molecule has 0 bridgehead atoms. The summed E-state index contributed by atoms with van der Waals surface area (Å²) < 4.78 is 0. The predicted molar refractivity (Wildman–Crippen MR) is 133 cm³/mol. The Bertz CT molecular complexity index is 914. The fraction of sp³-hybridized carbons (Fsp3) is 0.577. The molecule has 2 aliphatic carbocycles. The van der Waals surface area contributed by atoms with Crippen LogP contribution in [0.25, 0.3) is 12.2 Å². The highest BCUT2D eigenvalue weighted by Gasteiger charge is 2.24. The maximum atomic E-state index is 6.29. The molecular formula is C26H37ClN4. The molecule has 31 heavy (non-hydrogen) atoms. The molecule has 1 aliphatic heterocycles. The molecule has 0 aromatic carbocycles. The second-order valence-corrected chi connectivity index (χ2v) is 9.63. The monoisotopic (exact) mass is 440 g/mol. The smallest absolute Gasteiger partial charge is 0.0694 e. The first-order valence-electron chi connectivity index (χ1n) is 12.0. The quantitative estimate of drug-likeness (QED) is 0.579. The number of hydrogen-bond acceptors (Lipinski definition) is 4. The van der Waals surface area contributed by atoms with Gasteiger partial charge in [0.2, 0.25) is 0 Å². The van der Waals surface area contributed by atoms with Crippen LogP contribution in [0, 0.1) is 0 Å². The summed E-state index contributed by atoms with van der Waals surface area (Å²) >= 11 is 6.29. The predicted octanol–water partition coefficient (Wildman–Crippen LogP) is 3.15. The zero-order valence-corrected chi connectivity index (χ0v) is 19.9. The molecule has 1 unspecified atom stereocenters. The van der Waals surface area contributed by atoms with Crippen molar-refractivity contribution in [1.29, 1.82) is 0 Å². The topological polar surface area (TPSA) is 22.6 Å². The van der Waals surface area contributed by atoms with Crippen LogP contribution in [0.4, 0.5) is 5.69 Å². The molecule has 1 aromatic rings. The fourth-order valence-electron chi connectivity index (χ4n) is 5.11. The van der Waals surface area contributed by atoms with Gasteiger partial charge in [-0.3, -0.25) is 14.8 Å². The van der Waals surface area contributed by atoms with Crippen molar-refractivity contribution in [2.24, 2.45) is 0 Å². The fourth-order valence-corrected chi connectivity index (χ4v) is 5.32. The number of piperidine rings is 1. The number of alkyl halides is 1. The number of halogens is 1. The Morgan fingerprint density at radius 3 is 2.74 bits per heavy atom. The summed E-state index contributed by atoms with van der Waals surface area (Å²) in [6, 6.07) is 2.84. The van der Waals surface area contributed by atoms with E-state index < -0.39 is 0 Å². The molecule has 0 radical (unpaired) electrons. The molecule has 168 valence electrons. The lowest BCUT2D eigenvalue weighted by atomic mass is 10.0.